The number of aromatic nitrogens is 3. The maximum Gasteiger partial charge on any atom is 0.336 e. The molecule has 0 unspecified atom stereocenters. The Morgan fingerprint density at radius 3 is 0.806 bits per heavy atom. The molecule has 0 atom stereocenters. The lowest BCUT2D eigenvalue weighted by molar-refractivity contribution is -0.137. The molecule has 18 heteroatoms. The van der Waals surface area contributed by atoms with E-state index in [0.717, 1.165) is 0 Å². The van der Waals surface area contributed by atoms with Gasteiger partial charge >= 0.3 is 35.0 Å². The van der Waals surface area contributed by atoms with Crippen LogP contribution in [0.2, 0.25) is 0 Å². The molecule has 0 spiro atoms. The van der Waals surface area contributed by atoms with Crippen LogP contribution >= 0.6 is 37.9 Å². The van der Waals surface area contributed by atoms with Gasteiger partial charge in [-0.25, -0.2) is 28.1 Å². The van der Waals surface area contributed by atoms with Crippen LogP contribution in [0.3, 0.4) is 0 Å². The second kappa shape index (κ2) is 24.4. The molecule has 0 bridgehead atoms. The molecule has 0 saturated heterocycles. The molecule has 0 aliphatic heterocycles. The first kappa shape index (κ1) is 38.3. The van der Waals surface area contributed by atoms with Crippen molar-refractivity contribution in [3.8, 4) is 0 Å². The molecule has 15 nitrogen and oxygen atoms in total. The second-order valence-corrected chi connectivity index (χ2v) is 7.42. The van der Waals surface area contributed by atoms with E-state index in [0.29, 0.717) is 31.0 Å². The van der Waals surface area contributed by atoms with E-state index in [4.69, 9.17) is 30.6 Å². The maximum absolute atomic E-state index is 11.8. The molecule has 210 valence electrons. The van der Waals surface area contributed by atoms with Crippen molar-refractivity contribution in [2.75, 3.05) is 37.1 Å². The lowest BCUT2D eigenvalue weighted by atomic mass is 10.5. The SMILES string of the molecule is O=C(O)CCS.O=C(O)CCS.O=C(O)CCS.O=c1n(CCO)c(=O)n(CCO)c(=O)n1CCO. The number of aliphatic carboxylic acids is 3. The van der Waals surface area contributed by atoms with Gasteiger partial charge in [-0.15, -0.1) is 0 Å². The van der Waals surface area contributed by atoms with Gasteiger partial charge in [0.25, 0.3) is 0 Å². The number of thiol groups is 3. The summed E-state index contributed by atoms with van der Waals surface area (Å²) in [5.74, 6) is -1.08. The Morgan fingerprint density at radius 1 is 0.528 bits per heavy atom. The van der Waals surface area contributed by atoms with Gasteiger partial charge in [0.1, 0.15) is 0 Å². The molecule has 0 amide bonds. The highest BCUT2D eigenvalue weighted by molar-refractivity contribution is 7.80. The van der Waals surface area contributed by atoms with Gasteiger partial charge in [0, 0.05) is 17.3 Å². The number of aliphatic hydroxyl groups is 3. The Bertz CT molecular complexity index is 797. The van der Waals surface area contributed by atoms with Crippen molar-refractivity contribution in [2.45, 2.75) is 38.9 Å². The van der Waals surface area contributed by atoms with E-state index in [1.54, 1.807) is 0 Å². The zero-order valence-corrected chi connectivity index (χ0v) is 22.0. The summed E-state index contributed by atoms with van der Waals surface area (Å²) < 4.78 is 2.06. The van der Waals surface area contributed by atoms with Gasteiger partial charge in [0.15, 0.2) is 0 Å². The lowest BCUT2D eigenvalue weighted by Crippen LogP contribution is -2.55. The normalized spacial score (nSPS) is 9.50. The molecule has 0 aliphatic carbocycles. The third-order valence-corrected chi connectivity index (χ3v) is 4.00. The Labute approximate surface area is 221 Å². The number of nitrogens with zero attached hydrogens (tertiary/aromatic N) is 3. The maximum atomic E-state index is 11.8. The Hall–Kier alpha value is -2.25. The van der Waals surface area contributed by atoms with E-state index in [-0.39, 0.29) is 38.9 Å². The van der Waals surface area contributed by atoms with Crippen molar-refractivity contribution in [3.05, 3.63) is 31.5 Å². The van der Waals surface area contributed by atoms with Crippen LogP contribution in [-0.4, -0.2) is 99.3 Å². The van der Waals surface area contributed by atoms with Crippen LogP contribution in [0.25, 0.3) is 0 Å². The molecular formula is C18H33N3O12S3. The van der Waals surface area contributed by atoms with Crippen LogP contribution in [0.15, 0.2) is 14.4 Å². The molecule has 1 rings (SSSR count). The van der Waals surface area contributed by atoms with Gasteiger partial charge in [-0.3, -0.25) is 14.4 Å². The predicted octanol–water partition coefficient (Wildman–Crippen LogP) is -2.68. The molecule has 0 aromatic carbocycles. The van der Waals surface area contributed by atoms with E-state index in [2.05, 4.69) is 37.9 Å². The number of rotatable bonds is 12. The monoisotopic (exact) mass is 579 g/mol. The van der Waals surface area contributed by atoms with Crippen LogP contribution in [0.4, 0.5) is 0 Å². The molecular weight excluding hydrogens is 546 g/mol. The van der Waals surface area contributed by atoms with Gasteiger partial charge < -0.3 is 30.6 Å². The van der Waals surface area contributed by atoms with Crippen molar-refractivity contribution in [3.63, 3.8) is 0 Å². The van der Waals surface area contributed by atoms with E-state index >= 15 is 0 Å². The summed E-state index contributed by atoms with van der Waals surface area (Å²) in [5.41, 5.74) is -2.66. The summed E-state index contributed by atoms with van der Waals surface area (Å²) in [5, 5.41) is 50.0. The first-order valence-corrected chi connectivity index (χ1v) is 12.0. The fraction of sp³-hybridized carbons (Fsp3) is 0.667. The standard InChI is InChI=1S/C9H15N3O6.3C3H6O2S/c13-4-1-10-7(16)11(2-5-14)9(18)12(3-6-15)8(10)17;3*4-3(5)1-2-6/h13-15H,1-6H2;3*6H,1-2H2,(H,4,5). The average molecular weight is 580 g/mol. The number of hydrogen-bond donors (Lipinski definition) is 9. The Morgan fingerprint density at radius 2 is 0.722 bits per heavy atom. The largest absolute Gasteiger partial charge is 0.481 e. The van der Waals surface area contributed by atoms with E-state index in [1.165, 1.54) is 0 Å². The summed E-state index contributed by atoms with van der Waals surface area (Å²) in [6, 6.07) is 0. The zero-order chi connectivity index (χ0) is 28.7. The summed E-state index contributed by atoms with van der Waals surface area (Å²) >= 11 is 11.0. The minimum atomic E-state index is -0.887. The van der Waals surface area contributed by atoms with Crippen molar-refractivity contribution in [1.82, 2.24) is 13.7 Å². The van der Waals surface area contributed by atoms with Crippen LogP contribution in [0, 0.1) is 0 Å². The Kier molecular flexibility index (Phi) is 26.0. The Balaban J connectivity index is -0.000000495. The zero-order valence-electron chi connectivity index (χ0n) is 19.3. The lowest BCUT2D eigenvalue weighted by Gasteiger charge is -2.11. The van der Waals surface area contributed by atoms with Gasteiger partial charge in [-0.05, 0) is 0 Å². The molecule has 6 N–H and O–H groups in total. The summed E-state index contributed by atoms with van der Waals surface area (Å²) in [7, 11) is 0. The van der Waals surface area contributed by atoms with Crippen molar-refractivity contribution >= 4 is 55.8 Å². The van der Waals surface area contributed by atoms with Crippen LogP contribution in [-0.2, 0) is 34.0 Å². The molecule has 1 aromatic rings. The average Bonchev–Trinajstić information content (AvgIpc) is 2.78. The van der Waals surface area contributed by atoms with Gasteiger partial charge in [-0.2, -0.15) is 37.9 Å². The predicted molar refractivity (Wildman–Crippen MR) is 139 cm³/mol. The molecule has 1 heterocycles. The van der Waals surface area contributed by atoms with Gasteiger partial charge in [-0.1, -0.05) is 0 Å². The first-order chi connectivity index (χ1) is 16.9. The molecule has 36 heavy (non-hydrogen) atoms. The highest BCUT2D eigenvalue weighted by Crippen LogP contribution is 1.81. The minimum absolute atomic E-state index is 0.156. The number of carboxylic acids is 3. The quantitative estimate of drug-likeness (QED) is 0.115. The van der Waals surface area contributed by atoms with E-state index in [9.17, 15) is 28.8 Å². The van der Waals surface area contributed by atoms with Crippen LogP contribution < -0.4 is 17.1 Å². The third kappa shape index (κ3) is 19.0. The molecule has 1 aromatic heterocycles. The topological polar surface area (TPSA) is 239 Å². The van der Waals surface area contributed by atoms with E-state index in [1.807, 2.05) is 0 Å². The minimum Gasteiger partial charge on any atom is -0.481 e. The highest BCUT2D eigenvalue weighted by atomic mass is 32.1. The third-order valence-electron chi connectivity index (χ3n) is 3.33. The van der Waals surface area contributed by atoms with Crippen LogP contribution in [0.5, 0.6) is 0 Å². The fourth-order valence-corrected chi connectivity index (χ4v) is 2.42. The first-order valence-electron chi connectivity index (χ1n) is 10.1. The highest BCUT2D eigenvalue weighted by Gasteiger charge is 2.14. The fourth-order valence-electron chi connectivity index (χ4n) is 1.84. The van der Waals surface area contributed by atoms with Crippen molar-refractivity contribution in [2.24, 2.45) is 0 Å². The van der Waals surface area contributed by atoms with Gasteiger partial charge in [0.2, 0.25) is 0 Å². The summed E-state index contributed by atoms with van der Waals surface area (Å²) in [6.45, 7) is -2.08. The van der Waals surface area contributed by atoms with Crippen LogP contribution in [0.1, 0.15) is 19.3 Å². The number of carboxylic acid groups (broad SMARTS) is 3. The molecule has 0 saturated carbocycles. The van der Waals surface area contributed by atoms with Crippen molar-refractivity contribution < 1.29 is 45.0 Å². The summed E-state index contributed by atoms with van der Waals surface area (Å²) in [4.78, 5) is 64.0. The second-order valence-electron chi connectivity index (χ2n) is 6.08. The number of hydrogen-bond acceptors (Lipinski definition) is 12. The summed E-state index contributed by atoms with van der Waals surface area (Å²) in [6.07, 6.45) is 0.468. The smallest absolute Gasteiger partial charge is 0.336 e. The molecule has 0 aliphatic rings. The van der Waals surface area contributed by atoms with Crippen molar-refractivity contribution in [1.29, 1.82) is 0 Å². The number of aliphatic hydroxyl groups excluding tert-OH is 3. The molecule has 0 radical (unpaired) electrons. The van der Waals surface area contributed by atoms with Gasteiger partial charge in [0.05, 0.1) is 58.7 Å². The van der Waals surface area contributed by atoms with E-state index < -0.39 is 54.8 Å². The number of carbonyl (C=O) groups is 3. The molecule has 0 fully saturated rings.